The van der Waals surface area contributed by atoms with Gasteiger partial charge in [0.25, 0.3) is 0 Å². The normalized spacial score (nSPS) is 10.9. The molecule has 3 aromatic rings. The van der Waals surface area contributed by atoms with Crippen LogP contribution >= 0.6 is 23.1 Å². The lowest BCUT2D eigenvalue weighted by Crippen LogP contribution is -2.15. The highest BCUT2D eigenvalue weighted by Crippen LogP contribution is 2.23. The fourth-order valence-corrected chi connectivity index (χ4v) is 3.09. The fourth-order valence-electron chi connectivity index (χ4n) is 1.74. The standard InChI is InChI=1S/C13H15N7OS2/c1-20(2)13-16-9(15-12(14)18-13)6-22-7-10-17-11(19-21-10)8-4-3-5-23-8/h3-5H,6-7H2,1-2H3,(H2,14,15,16,18). The summed E-state index contributed by atoms with van der Waals surface area (Å²) in [4.78, 5) is 19.7. The number of hydrogen-bond donors (Lipinski definition) is 1. The molecule has 3 aromatic heterocycles. The zero-order valence-corrected chi connectivity index (χ0v) is 14.3. The van der Waals surface area contributed by atoms with Gasteiger partial charge in [0.1, 0.15) is 5.82 Å². The lowest BCUT2D eigenvalue weighted by atomic mass is 10.4. The number of nitrogen functional groups attached to an aromatic ring is 1. The van der Waals surface area contributed by atoms with Gasteiger partial charge >= 0.3 is 0 Å². The zero-order chi connectivity index (χ0) is 16.2. The van der Waals surface area contributed by atoms with E-state index in [0.29, 0.717) is 35.0 Å². The molecule has 0 spiro atoms. The summed E-state index contributed by atoms with van der Waals surface area (Å²) in [5.41, 5.74) is 5.70. The second kappa shape index (κ2) is 6.92. The Morgan fingerprint density at radius 1 is 1.22 bits per heavy atom. The van der Waals surface area contributed by atoms with E-state index in [0.717, 1.165) is 4.88 Å². The average Bonchev–Trinajstić information content (AvgIpc) is 3.17. The minimum atomic E-state index is 0.220. The Bertz CT molecular complexity index is 772. The van der Waals surface area contributed by atoms with Crippen LogP contribution in [0.3, 0.4) is 0 Å². The Morgan fingerprint density at radius 3 is 2.83 bits per heavy atom. The number of hydrogen-bond acceptors (Lipinski definition) is 10. The Kier molecular flexibility index (Phi) is 4.72. The molecule has 3 rings (SSSR count). The predicted molar refractivity (Wildman–Crippen MR) is 91.2 cm³/mol. The molecule has 0 saturated carbocycles. The van der Waals surface area contributed by atoms with Crippen molar-refractivity contribution in [3.05, 3.63) is 29.2 Å². The smallest absolute Gasteiger partial charge is 0.236 e. The van der Waals surface area contributed by atoms with Crippen LogP contribution in [0.4, 0.5) is 11.9 Å². The van der Waals surface area contributed by atoms with Gasteiger partial charge in [-0.05, 0) is 11.4 Å². The molecule has 23 heavy (non-hydrogen) atoms. The third kappa shape index (κ3) is 3.96. The number of aromatic nitrogens is 5. The summed E-state index contributed by atoms with van der Waals surface area (Å²) in [6, 6.07) is 3.92. The molecule has 0 fully saturated rings. The van der Waals surface area contributed by atoms with Gasteiger partial charge in [0.15, 0.2) is 0 Å². The summed E-state index contributed by atoms with van der Waals surface area (Å²) in [6.07, 6.45) is 0. The molecular formula is C13H15N7OS2. The third-order valence-corrected chi connectivity index (χ3v) is 4.53. The van der Waals surface area contributed by atoms with E-state index in [9.17, 15) is 0 Å². The molecule has 0 aliphatic rings. The lowest BCUT2D eigenvalue weighted by Gasteiger charge is -2.10. The van der Waals surface area contributed by atoms with Crippen LogP contribution in [0.1, 0.15) is 11.7 Å². The van der Waals surface area contributed by atoms with E-state index in [-0.39, 0.29) is 5.95 Å². The maximum atomic E-state index is 5.70. The van der Waals surface area contributed by atoms with E-state index in [4.69, 9.17) is 10.3 Å². The van der Waals surface area contributed by atoms with E-state index in [1.165, 1.54) is 0 Å². The maximum Gasteiger partial charge on any atom is 0.236 e. The fraction of sp³-hybridized carbons (Fsp3) is 0.308. The van der Waals surface area contributed by atoms with Crippen LogP contribution in [0.15, 0.2) is 22.0 Å². The van der Waals surface area contributed by atoms with Gasteiger partial charge in [0, 0.05) is 14.1 Å². The maximum absolute atomic E-state index is 5.70. The largest absolute Gasteiger partial charge is 0.368 e. The molecule has 0 aliphatic heterocycles. The van der Waals surface area contributed by atoms with E-state index in [1.807, 2.05) is 31.6 Å². The minimum Gasteiger partial charge on any atom is -0.368 e. The molecule has 120 valence electrons. The number of thiophene rings is 1. The van der Waals surface area contributed by atoms with Crippen molar-refractivity contribution in [2.45, 2.75) is 11.5 Å². The van der Waals surface area contributed by atoms with E-state index < -0.39 is 0 Å². The zero-order valence-electron chi connectivity index (χ0n) is 12.6. The summed E-state index contributed by atoms with van der Waals surface area (Å²) in [5.74, 6) is 3.77. The van der Waals surface area contributed by atoms with Crippen LogP contribution in [0.2, 0.25) is 0 Å². The molecule has 0 aliphatic carbocycles. The van der Waals surface area contributed by atoms with E-state index >= 15 is 0 Å². The molecule has 0 aromatic carbocycles. The minimum absolute atomic E-state index is 0.220. The van der Waals surface area contributed by atoms with Crippen molar-refractivity contribution in [2.24, 2.45) is 0 Å². The molecule has 3 heterocycles. The lowest BCUT2D eigenvalue weighted by molar-refractivity contribution is 0.392. The molecule has 8 nitrogen and oxygen atoms in total. The van der Waals surface area contributed by atoms with Crippen LogP contribution < -0.4 is 10.6 Å². The van der Waals surface area contributed by atoms with E-state index in [2.05, 4.69) is 25.1 Å². The molecule has 2 N–H and O–H groups in total. The molecule has 0 unspecified atom stereocenters. The summed E-state index contributed by atoms with van der Waals surface area (Å²) >= 11 is 3.16. The van der Waals surface area contributed by atoms with Crippen molar-refractivity contribution in [3.63, 3.8) is 0 Å². The van der Waals surface area contributed by atoms with Gasteiger partial charge in [0.05, 0.1) is 16.4 Å². The Balaban J connectivity index is 1.59. The first kappa shape index (κ1) is 15.7. The highest BCUT2D eigenvalue weighted by molar-refractivity contribution is 7.97. The first-order valence-electron chi connectivity index (χ1n) is 6.74. The SMILES string of the molecule is CN(C)c1nc(N)nc(CSCc2nc(-c3cccs3)no2)n1. The van der Waals surface area contributed by atoms with Gasteiger partial charge in [-0.3, -0.25) is 0 Å². The predicted octanol–water partition coefficient (Wildman–Crippen LogP) is 2.06. The molecule has 0 saturated heterocycles. The second-order valence-electron chi connectivity index (χ2n) is 4.79. The van der Waals surface area contributed by atoms with Crippen molar-refractivity contribution in [2.75, 3.05) is 24.7 Å². The van der Waals surface area contributed by atoms with Crippen LogP contribution in [0.5, 0.6) is 0 Å². The summed E-state index contributed by atoms with van der Waals surface area (Å²) < 4.78 is 5.25. The highest BCUT2D eigenvalue weighted by Gasteiger charge is 2.11. The molecule has 10 heteroatoms. The summed E-state index contributed by atoms with van der Waals surface area (Å²) in [7, 11) is 3.71. The first-order valence-corrected chi connectivity index (χ1v) is 8.77. The third-order valence-electron chi connectivity index (χ3n) is 2.75. The van der Waals surface area contributed by atoms with Gasteiger partial charge in [-0.2, -0.15) is 19.9 Å². The number of nitrogens with two attached hydrogens (primary N) is 1. The van der Waals surface area contributed by atoms with Crippen molar-refractivity contribution in [1.29, 1.82) is 0 Å². The summed E-state index contributed by atoms with van der Waals surface area (Å²) in [5, 5.41) is 5.96. The highest BCUT2D eigenvalue weighted by atomic mass is 32.2. The number of anilines is 2. The second-order valence-corrected chi connectivity index (χ2v) is 6.72. The monoisotopic (exact) mass is 349 g/mol. The van der Waals surface area contributed by atoms with Crippen molar-refractivity contribution in [1.82, 2.24) is 25.1 Å². The molecule has 0 bridgehead atoms. The Labute approximate surface area is 141 Å². The quantitative estimate of drug-likeness (QED) is 0.715. The Morgan fingerprint density at radius 2 is 2.09 bits per heavy atom. The summed E-state index contributed by atoms with van der Waals surface area (Å²) in [6.45, 7) is 0. The number of thioether (sulfide) groups is 1. The van der Waals surface area contributed by atoms with Gasteiger partial charge < -0.3 is 15.2 Å². The number of rotatable bonds is 6. The van der Waals surface area contributed by atoms with Crippen molar-refractivity contribution >= 4 is 35.0 Å². The van der Waals surface area contributed by atoms with Crippen molar-refractivity contribution in [3.8, 4) is 10.7 Å². The van der Waals surface area contributed by atoms with Crippen LogP contribution in [0, 0.1) is 0 Å². The number of nitrogens with zero attached hydrogens (tertiary/aromatic N) is 6. The van der Waals surface area contributed by atoms with Gasteiger partial charge in [-0.25, -0.2) is 0 Å². The molecule has 0 atom stereocenters. The Hall–Kier alpha value is -2.20. The average molecular weight is 349 g/mol. The van der Waals surface area contributed by atoms with E-state index in [1.54, 1.807) is 28.0 Å². The van der Waals surface area contributed by atoms with Gasteiger partial charge in [0.2, 0.25) is 23.6 Å². The molecular weight excluding hydrogens is 334 g/mol. The van der Waals surface area contributed by atoms with Gasteiger partial charge in [-0.1, -0.05) is 11.2 Å². The van der Waals surface area contributed by atoms with Crippen LogP contribution in [-0.4, -0.2) is 39.2 Å². The van der Waals surface area contributed by atoms with Crippen LogP contribution in [0.25, 0.3) is 10.7 Å². The van der Waals surface area contributed by atoms with Crippen molar-refractivity contribution < 1.29 is 4.52 Å². The van der Waals surface area contributed by atoms with Gasteiger partial charge in [-0.15, -0.1) is 23.1 Å². The topological polar surface area (TPSA) is 107 Å². The first-order chi connectivity index (χ1) is 11.1. The van der Waals surface area contributed by atoms with Crippen LogP contribution in [-0.2, 0) is 11.5 Å². The molecule has 0 amide bonds. The molecule has 0 radical (unpaired) electrons.